The summed E-state index contributed by atoms with van der Waals surface area (Å²) >= 11 is 0. The molecule has 7 heteroatoms. The van der Waals surface area contributed by atoms with E-state index in [0.29, 0.717) is 17.3 Å². The number of halogens is 3. The van der Waals surface area contributed by atoms with Crippen LogP contribution >= 0.6 is 0 Å². The average molecular weight is 515 g/mol. The van der Waals surface area contributed by atoms with Gasteiger partial charge in [0.1, 0.15) is 0 Å². The number of nitrogens with one attached hydrogen (secondary N) is 1. The highest BCUT2D eigenvalue weighted by atomic mass is 19.4. The third kappa shape index (κ3) is 8.16. The Kier molecular flexibility index (Phi) is 10.3. The van der Waals surface area contributed by atoms with Crippen molar-refractivity contribution in [1.29, 1.82) is 0 Å². The van der Waals surface area contributed by atoms with Crippen molar-refractivity contribution in [3.05, 3.63) is 71.0 Å². The van der Waals surface area contributed by atoms with Crippen molar-refractivity contribution in [2.45, 2.75) is 103 Å². The third-order valence-electron chi connectivity index (χ3n) is 7.14. The summed E-state index contributed by atoms with van der Waals surface area (Å²) in [5, 5.41) is 4.12. The van der Waals surface area contributed by atoms with Crippen molar-refractivity contribution in [3.8, 4) is 11.5 Å². The largest absolute Gasteiger partial charge is 0.416 e. The van der Waals surface area contributed by atoms with Crippen molar-refractivity contribution in [1.82, 2.24) is 15.9 Å². The fourth-order valence-corrected chi connectivity index (χ4v) is 4.56. The molecule has 1 heterocycles. The maximum atomic E-state index is 12.9. The van der Waals surface area contributed by atoms with Crippen LogP contribution in [-0.4, -0.2) is 10.1 Å². The predicted molar refractivity (Wildman–Crippen MR) is 141 cm³/mol. The molecule has 4 nitrogen and oxygen atoms in total. The summed E-state index contributed by atoms with van der Waals surface area (Å²) in [7, 11) is 0. The molecule has 0 bridgehead atoms. The molecule has 2 aromatic carbocycles. The van der Waals surface area contributed by atoms with Crippen molar-refractivity contribution >= 4 is 0 Å². The molecule has 3 aromatic rings. The van der Waals surface area contributed by atoms with Crippen LogP contribution in [0.4, 0.5) is 13.2 Å². The standard InChI is InChI=1S/C30H39F3N3O/c1-4-5-6-7-8-9-10-11-12-13-26-35-28(37-36-26)23-16-14-22(15-17-23)27(34)29(2,3)24-18-20-25(21-19-24)30(31,32)33/h14-21,27,34H,4-13H2,1-3H3. The number of hydrogen-bond donors (Lipinski definition) is 0. The second kappa shape index (κ2) is 13.2. The second-order valence-corrected chi connectivity index (χ2v) is 10.4. The van der Waals surface area contributed by atoms with Crippen LogP contribution in [-0.2, 0) is 18.0 Å². The van der Waals surface area contributed by atoms with E-state index in [4.69, 9.17) is 10.3 Å². The Morgan fingerprint density at radius 3 is 1.89 bits per heavy atom. The fraction of sp³-hybridized carbons (Fsp3) is 0.533. The Morgan fingerprint density at radius 2 is 1.32 bits per heavy atom. The van der Waals surface area contributed by atoms with E-state index in [1.807, 2.05) is 38.1 Å². The quantitative estimate of drug-likeness (QED) is 0.202. The average Bonchev–Trinajstić information content (AvgIpc) is 3.36. The Balaban J connectivity index is 1.52. The maximum Gasteiger partial charge on any atom is 0.416 e. The van der Waals surface area contributed by atoms with Crippen LogP contribution in [0.2, 0.25) is 0 Å². The van der Waals surface area contributed by atoms with Gasteiger partial charge in [-0.15, -0.1) is 0 Å². The van der Waals surface area contributed by atoms with E-state index >= 15 is 0 Å². The molecule has 0 saturated heterocycles. The van der Waals surface area contributed by atoms with Crippen LogP contribution in [0.25, 0.3) is 11.5 Å². The topological polar surface area (TPSA) is 62.7 Å². The number of hydrogen-bond acceptors (Lipinski definition) is 3. The summed E-state index contributed by atoms with van der Waals surface area (Å²) in [6, 6.07) is 11.8. The lowest BCUT2D eigenvalue weighted by atomic mass is 9.75. The lowest BCUT2D eigenvalue weighted by Gasteiger charge is -2.32. The summed E-state index contributed by atoms with van der Waals surface area (Å²) in [5.74, 6) is 1.17. The third-order valence-corrected chi connectivity index (χ3v) is 7.14. The summed E-state index contributed by atoms with van der Waals surface area (Å²) in [5.41, 5.74) is 9.67. The predicted octanol–water partition coefficient (Wildman–Crippen LogP) is 9.13. The Hall–Kier alpha value is -2.67. The van der Waals surface area contributed by atoms with E-state index in [1.54, 1.807) is 0 Å². The van der Waals surface area contributed by atoms with Crippen molar-refractivity contribution < 1.29 is 17.7 Å². The highest BCUT2D eigenvalue weighted by molar-refractivity contribution is 5.53. The molecule has 0 amide bonds. The lowest BCUT2D eigenvalue weighted by molar-refractivity contribution is -0.137. The van der Waals surface area contributed by atoms with Gasteiger partial charge >= 0.3 is 6.18 Å². The number of unbranched alkanes of at least 4 members (excludes halogenated alkanes) is 8. The molecule has 0 spiro atoms. The highest BCUT2D eigenvalue weighted by Gasteiger charge is 2.33. The van der Waals surface area contributed by atoms with Gasteiger partial charge < -0.3 is 4.52 Å². The molecule has 0 fully saturated rings. The SMILES string of the molecule is CCCCCCCCCCCc1noc(-c2ccc(C([NH])C(C)(C)c3ccc(C(F)(F)F)cc3)cc2)n1. The van der Waals surface area contributed by atoms with Gasteiger partial charge in [-0.1, -0.05) is 102 Å². The Bertz CT molecular complexity index is 1070. The van der Waals surface area contributed by atoms with Crippen LogP contribution in [0.15, 0.2) is 53.1 Å². The minimum absolute atomic E-state index is 0.459. The smallest absolute Gasteiger partial charge is 0.334 e. The number of rotatable bonds is 14. The number of aromatic nitrogens is 2. The van der Waals surface area contributed by atoms with E-state index < -0.39 is 23.2 Å². The van der Waals surface area contributed by atoms with Gasteiger partial charge in [0.05, 0.1) is 11.6 Å². The fourth-order valence-electron chi connectivity index (χ4n) is 4.56. The monoisotopic (exact) mass is 514 g/mol. The molecule has 1 aromatic heterocycles. The normalized spacial score (nSPS) is 13.2. The van der Waals surface area contributed by atoms with Crippen molar-refractivity contribution in [2.75, 3.05) is 0 Å². The number of alkyl halides is 3. The van der Waals surface area contributed by atoms with Gasteiger partial charge in [0.2, 0.25) is 0 Å². The van der Waals surface area contributed by atoms with Crippen LogP contribution in [0.1, 0.15) is 107 Å². The van der Waals surface area contributed by atoms with E-state index in [2.05, 4.69) is 17.1 Å². The molecule has 1 atom stereocenters. The molecule has 37 heavy (non-hydrogen) atoms. The summed E-state index contributed by atoms with van der Waals surface area (Å²) in [4.78, 5) is 4.53. The summed E-state index contributed by atoms with van der Waals surface area (Å²) in [6.45, 7) is 5.98. The molecule has 1 N–H and O–H groups in total. The first kappa shape index (κ1) is 28.9. The minimum atomic E-state index is -4.37. The van der Waals surface area contributed by atoms with Gasteiger partial charge in [0.15, 0.2) is 5.82 Å². The van der Waals surface area contributed by atoms with Gasteiger partial charge in [0, 0.05) is 17.4 Å². The zero-order valence-corrected chi connectivity index (χ0v) is 22.2. The summed E-state index contributed by atoms with van der Waals surface area (Å²) < 4.78 is 44.2. The van der Waals surface area contributed by atoms with Crippen molar-refractivity contribution in [3.63, 3.8) is 0 Å². The number of benzene rings is 2. The highest BCUT2D eigenvalue weighted by Crippen LogP contribution is 2.38. The first-order chi connectivity index (χ1) is 17.6. The lowest BCUT2D eigenvalue weighted by Crippen LogP contribution is -2.28. The van der Waals surface area contributed by atoms with Gasteiger partial charge in [0.25, 0.3) is 5.89 Å². The molecule has 201 valence electrons. The first-order valence-corrected chi connectivity index (χ1v) is 13.4. The number of nitrogens with zero attached hydrogens (tertiary/aromatic N) is 2. The molecule has 0 saturated carbocycles. The van der Waals surface area contributed by atoms with E-state index in [1.165, 1.54) is 63.5 Å². The van der Waals surface area contributed by atoms with E-state index in [-0.39, 0.29) is 0 Å². The molecule has 1 unspecified atom stereocenters. The molecule has 0 aliphatic carbocycles. The van der Waals surface area contributed by atoms with Gasteiger partial charge in [-0.05, 0) is 41.8 Å². The molecule has 1 radical (unpaired) electrons. The maximum absolute atomic E-state index is 12.9. The molecular weight excluding hydrogens is 475 g/mol. The molecule has 0 aliphatic rings. The molecular formula is C30H39F3N3O. The van der Waals surface area contributed by atoms with E-state index in [9.17, 15) is 13.2 Å². The molecule has 3 rings (SSSR count). The minimum Gasteiger partial charge on any atom is -0.334 e. The Labute approximate surface area is 218 Å². The summed E-state index contributed by atoms with van der Waals surface area (Å²) in [6.07, 6.45) is 7.82. The zero-order chi connectivity index (χ0) is 26.9. The van der Waals surface area contributed by atoms with Gasteiger partial charge in [-0.25, -0.2) is 5.73 Å². The van der Waals surface area contributed by atoms with Crippen molar-refractivity contribution in [2.24, 2.45) is 0 Å². The zero-order valence-electron chi connectivity index (χ0n) is 22.2. The van der Waals surface area contributed by atoms with Gasteiger partial charge in [-0.3, -0.25) is 0 Å². The van der Waals surface area contributed by atoms with Crippen LogP contribution in [0, 0.1) is 0 Å². The van der Waals surface area contributed by atoms with Crippen LogP contribution in [0.5, 0.6) is 0 Å². The second-order valence-electron chi connectivity index (χ2n) is 10.4. The van der Waals surface area contributed by atoms with Crippen LogP contribution < -0.4 is 5.73 Å². The van der Waals surface area contributed by atoms with Gasteiger partial charge in [-0.2, -0.15) is 18.2 Å². The number of aryl methyl sites for hydroxylation is 1. The first-order valence-electron chi connectivity index (χ1n) is 13.4. The van der Waals surface area contributed by atoms with Crippen LogP contribution in [0.3, 0.4) is 0 Å². The Morgan fingerprint density at radius 1 is 0.784 bits per heavy atom. The van der Waals surface area contributed by atoms with E-state index in [0.717, 1.165) is 36.1 Å². The molecule has 0 aliphatic heterocycles.